The number of benzene rings is 1. The van der Waals surface area contributed by atoms with Gasteiger partial charge in [-0.25, -0.2) is 13.1 Å². The molecule has 0 aliphatic heterocycles. The van der Waals surface area contributed by atoms with Gasteiger partial charge in [-0.1, -0.05) is 41.1 Å². The molecule has 0 bridgehead atoms. The molecule has 0 aliphatic carbocycles. The van der Waals surface area contributed by atoms with Crippen molar-refractivity contribution in [2.45, 2.75) is 11.8 Å². The van der Waals surface area contributed by atoms with Gasteiger partial charge in [-0.2, -0.15) is 0 Å². The van der Waals surface area contributed by atoms with E-state index in [4.69, 9.17) is 18.0 Å². The van der Waals surface area contributed by atoms with Gasteiger partial charge in [0.2, 0.25) is 10.0 Å². The van der Waals surface area contributed by atoms with E-state index < -0.39 is 10.0 Å². The van der Waals surface area contributed by atoms with Gasteiger partial charge in [0, 0.05) is 16.9 Å². The fraction of sp³-hybridized carbons (Fsp3) is 0.300. The van der Waals surface area contributed by atoms with Gasteiger partial charge >= 0.3 is 0 Å². The molecule has 1 rings (SSSR count). The van der Waals surface area contributed by atoms with Crippen molar-refractivity contribution < 1.29 is 8.42 Å². The lowest BCUT2D eigenvalue weighted by molar-refractivity contribution is 0.575. The van der Waals surface area contributed by atoms with E-state index in [1.54, 1.807) is 19.1 Å². The minimum Gasteiger partial charge on any atom is -0.393 e. The van der Waals surface area contributed by atoms with Crippen LogP contribution in [0.15, 0.2) is 33.6 Å². The van der Waals surface area contributed by atoms with E-state index in [1.807, 2.05) is 0 Å². The highest BCUT2D eigenvalue weighted by Gasteiger charge is 2.16. The standard InChI is InChI=1S/C10H13BrN2O2S2/c1-7(10(12)16)6-13-17(14,15)9-4-2-3-8(11)5-9/h2-5,7,13H,6H2,1H3,(H2,12,16). The molecule has 0 saturated heterocycles. The summed E-state index contributed by atoms with van der Waals surface area (Å²) in [6.07, 6.45) is 0. The molecule has 0 aliphatic rings. The average molecular weight is 337 g/mol. The number of sulfonamides is 1. The average Bonchev–Trinajstić information content (AvgIpc) is 2.26. The van der Waals surface area contributed by atoms with Crippen LogP contribution in [0, 0.1) is 5.92 Å². The third-order valence-electron chi connectivity index (χ3n) is 2.17. The van der Waals surface area contributed by atoms with Crippen LogP contribution in [0.1, 0.15) is 6.92 Å². The summed E-state index contributed by atoms with van der Waals surface area (Å²) in [6, 6.07) is 6.48. The van der Waals surface area contributed by atoms with Crippen LogP contribution in [-0.2, 0) is 10.0 Å². The Bertz CT molecular complexity index is 517. The summed E-state index contributed by atoms with van der Waals surface area (Å²) >= 11 is 8.00. The minimum atomic E-state index is -3.51. The Morgan fingerprint density at radius 2 is 2.24 bits per heavy atom. The molecule has 0 heterocycles. The van der Waals surface area contributed by atoms with Crippen molar-refractivity contribution in [3.8, 4) is 0 Å². The van der Waals surface area contributed by atoms with E-state index in [0.717, 1.165) is 0 Å². The number of hydrogen-bond donors (Lipinski definition) is 2. The molecule has 0 saturated carbocycles. The van der Waals surface area contributed by atoms with Crippen LogP contribution >= 0.6 is 28.1 Å². The Kier molecular flexibility index (Phi) is 5.05. The first-order valence-corrected chi connectivity index (χ1v) is 7.56. The molecule has 17 heavy (non-hydrogen) atoms. The third-order valence-corrected chi connectivity index (χ3v) is 4.49. The second-order valence-corrected chi connectivity index (χ2v) is 6.77. The summed E-state index contributed by atoms with van der Waals surface area (Å²) in [5.41, 5.74) is 5.42. The maximum atomic E-state index is 11.9. The van der Waals surface area contributed by atoms with Gasteiger partial charge in [-0.15, -0.1) is 0 Å². The molecule has 1 unspecified atom stereocenters. The highest BCUT2D eigenvalue weighted by Crippen LogP contribution is 2.15. The topological polar surface area (TPSA) is 72.2 Å². The third kappa shape index (κ3) is 4.34. The Balaban J connectivity index is 2.79. The van der Waals surface area contributed by atoms with E-state index in [9.17, 15) is 8.42 Å². The molecule has 0 aromatic heterocycles. The van der Waals surface area contributed by atoms with Crippen LogP contribution in [0.4, 0.5) is 0 Å². The predicted octanol–water partition coefficient (Wildman–Crippen LogP) is 1.65. The predicted molar refractivity (Wildman–Crippen MR) is 75.3 cm³/mol. The summed E-state index contributed by atoms with van der Waals surface area (Å²) in [7, 11) is -3.51. The quantitative estimate of drug-likeness (QED) is 0.802. The van der Waals surface area contributed by atoms with Gasteiger partial charge < -0.3 is 5.73 Å². The molecule has 1 aromatic carbocycles. The van der Waals surface area contributed by atoms with Crippen LogP contribution in [0.2, 0.25) is 0 Å². The molecule has 1 aromatic rings. The van der Waals surface area contributed by atoms with Gasteiger partial charge in [-0.3, -0.25) is 0 Å². The van der Waals surface area contributed by atoms with Crippen molar-refractivity contribution in [2.24, 2.45) is 11.7 Å². The summed E-state index contributed by atoms with van der Waals surface area (Å²) in [5, 5.41) is 0. The highest BCUT2D eigenvalue weighted by molar-refractivity contribution is 9.10. The monoisotopic (exact) mass is 336 g/mol. The molecule has 7 heteroatoms. The SMILES string of the molecule is CC(CNS(=O)(=O)c1cccc(Br)c1)C(N)=S. The Labute approximate surface area is 115 Å². The first-order chi connectivity index (χ1) is 7.83. The first kappa shape index (κ1) is 14.6. The van der Waals surface area contributed by atoms with Crippen molar-refractivity contribution in [1.29, 1.82) is 0 Å². The van der Waals surface area contributed by atoms with Crippen molar-refractivity contribution in [1.82, 2.24) is 4.72 Å². The zero-order chi connectivity index (χ0) is 13.1. The molecule has 0 amide bonds. The van der Waals surface area contributed by atoms with E-state index in [0.29, 0.717) is 9.46 Å². The highest BCUT2D eigenvalue weighted by atomic mass is 79.9. The van der Waals surface area contributed by atoms with Crippen LogP contribution in [-0.4, -0.2) is 20.0 Å². The lowest BCUT2D eigenvalue weighted by Gasteiger charge is -2.11. The normalized spacial score (nSPS) is 13.3. The number of hydrogen-bond acceptors (Lipinski definition) is 3. The Morgan fingerprint density at radius 3 is 2.76 bits per heavy atom. The molecule has 1 atom stereocenters. The smallest absolute Gasteiger partial charge is 0.240 e. The maximum absolute atomic E-state index is 11.9. The van der Waals surface area contributed by atoms with Crippen LogP contribution in [0.3, 0.4) is 0 Å². The number of rotatable bonds is 5. The summed E-state index contributed by atoms with van der Waals surface area (Å²) in [5.74, 6) is -0.174. The molecular formula is C10H13BrN2O2S2. The zero-order valence-electron chi connectivity index (χ0n) is 9.18. The van der Waals surface area contributed by atoms with E-state index in [2.05, 4.69) is 20.7 Å². The molecule has 0 spiro atoms. The van der Waals surface area contributed by atoms with Gasteiger partial charge in [0.05, 0.1) is 9.88 Å². The minimum absolute atomic E-state index is 0.174. The van der Waals surface area contributed by atoms with Gasteiger partial charge in [0.15, 0.2) is 0 Å². The molecule has 0 radical (unpaired) electrons. The molecule has 94 valence electrons. The lowest BCUT2D eigenvalue weighted by Crippen LogP contribution is -2.33. The van der Waals surface area contributed by atoms with Crippen molar-refractivity contribution in [2.75, 3.05) is 6.54 Å². The zero-order valence-corrected chi connectivity index (χ0v) is 12.4. The van der Waals surface area contributed by atoms with E-state index >= 15 is 0 Å². The largest absolute Gasteiger partial charge is 0.393 e. The number of thiocarbonyl (C=S) groups is 1. The molecule has 0 fully saturated rings. The Hall–Kier alpha value is -0.500. The van der Waals surface area contributed by atoms with E-state index in [-0.39, 0.29) is 17.4 Å². The van der Waals surface area contributed by atoms with Gasteiger partial charge in [0.1, 0.15) is 0 Å². The molecule has 3 N–H and O–H groups in total. The number of nitrogens with one attached hydrogen (secondary N) is 1. The first-order valence-electron chi connectivity index (χ1n) is 4.87. The van der Waals surface area contributed by atoms with Crippen molar-refractivity contribution >= 4 is 43.2 Å². The van der Waals surface area contributed by atoms with Crippen LogP contribution in [0.25, 0.3) is 0 Å². The fourth-order valence-corrected chi connectivity index (χ4v) is 2.86. The van der Waals surface area contributed by atoms with Crippen molar-refractivity contribution in [3.63, 3.8) is 0 Å². The maximum Gasteiger partial charge on any atom is 0.240 e. The molecular weight excluding hydrogens is 324 g/mol. The summed E-state index contributed by atoms with van der Waals surface area (Å²) in [6.45, 7) is 1.97. The summed E-state index contributed by atoms with van der Waals surface area (Å²) in [4.78, 5) is 0.504. The van der Waals surface area contributed by atoms with Crippen LogP contribution in [0.5, 0.6) is 0 Å². The van der Waals surface area contributed by atoms with Crippen LogP contribution < -0.4 is 10.5 Å². The second kappa shape index (κ2) is 5.90. The number of nitrogens with two attached hydrogens (primary N) is 1. The second-order valence-electron chi connectivity index (χ2n) is 3.61. The van der Waals surface area contributed by atoms with Gasteiger partial charge in [-0.05, 0) is 18.2 Å². The van der Waals surface area contributed by atoms with E-state index in [1.165, 1.54) is 12.1 Å². The van der Waals surface area contributed by atoms with Gasteiger partial charge in [0.25, 0.3) is 0 Å². The number of halogens is 1. The molecule has 4 nitrogen and oxygen atoms in total. The van der Waals surface area contributed by atoms with Crippen molar-refractivity contribution in [3.05, 3.63) is 28.7 Å². The fourth-order valence-electron chi connectivity index (χ4n) is 1.05. The summed E-state index contributed by atoms with van der Waals surface area (Å²) < 4.78 is 27.0. The Morgan fingerprint density at radius 1 is 1.59 bits per heavy atom. The lowest BCUT2D eigenvalue weighted by atomic mass is 10.2.